The molecule has 2 N–H and O–H groups in total. The monoisotopic (exact) mass is 159 g/mol. The molecule has 4 nitrogen and oxygen atoms in total. The van der Waals surface area contributed by atoms with Crippen molar-refractivity contribution in [3.05, 3.63) is 0 Å². The highest BCUT2D eigenvalue weighted by Gasteiger charge is 2.29. The van der Waals surface area contributed by atoms with Crippen LogP contribution < -0.4 is 5.73 Å². The van der Waals surface area contributed by atoms with Crippen LogP contribution in [0.15, 0.2) is 0 Å². The molecule has 1 fully saturated rings. The average Bonchev–Trinajstić information content (AvgIpc) is 2.34. The molecule has 0 unspecified atom stereocenters. The van der Waals surface area contributed by atoms with E-state index in [1.165, 1.54) is 0 Å². The maximum absolute atomic E-state index is 10.4. The van der Waals surface area contributed by atoms with E-state index in [0.29, 0.717) is 0 Å². The molecule has 11 heavy (non-hydrogen) atoms. The molecule has 1 aliphatic rings. The van der Waals surface area contributed by atoms with Gasteiger partial charge in [0.05, 0.1) is 6.10 Å². The molecule has 0 bridgehead atoms. The molecule has 4 heteroatoms. The average molecular weight is 159 g/mol. The molecular formula is C7H13NO3. The summed E-state index contributed by atoms with van der Waals surface area (Å²) in [4.78, 5) is 10.4. The molecule has 1 saturated carbocycles. The quantitative estimate of drug-likeness (QED) is 0.643. The minimum absolute atomic E-state index is 0.0440. The molecule has 2 atom stereocenters. The lowest BCUT2D eigenvalue weighted by Gasteiger charge is -2.16. The summed E-state index contributed by atoms with van der Waals surface area (Å²) in [7, 11) is 1.62. The predicted molar refractivity (Wildman–Crippen MR) is 39.1 cm³/mol. The summed E-state index contributed by atoms with van der Waals surface area (Å²) in [5.74, 6) is 0. The maximum Gasteiger partial charge on any atom is 0.404 e. The van der Waals surface area contributed by atoms with E-state index >= 15 is 0 Å². The van der Waals surface area contributed by atoms with Gasteiger partial charge < -0.3 is 15.2 Å². The highest BCUT2D eigenvalue weighted by atomic mass is 16.6. The lowest BCUT2D eigenvalue weighted by Crippen LogP contribution is -2.30. The fraction of sp³-hybridized carbons (Fsp3) is 0.857. The standard InChI is InChI=1S/C7H13NO3/c1-10-5-3-2-4-6(5)11-7(8)9/h5-6H,2-4H2,1H3,(H2,8,9)/t5-,6-/m1/s1. The van der Waals surface area contributed by atoms with Crippen molar-refractivity contribution in [2.75, 3.05) is 7.11 Å². The Morgan fingerprint density at radius 2 is 2.09 bits per heavy atom. The van der Waals surface area contributed by atoms with Crippen LogP contribution in [-0.4, -0.2) is 25.4 Å². The minimum Gasteiger partial charge on any atom is -0.444 e. The number of ether oxygens (including phenoxy) is 2. The molecule has 0 heterocycles. The van der Waals surface area contributed by atoms with Crippen molar-refractivity contribution >= 4 is 6.09 Å². The number of carbonyl (C=O) groups is 1. The van der Waals surface area contributed by atoms with Crippen molar-refractivity contribution in [3.63, 3.8) is 0 Å². The van der Waals surface area contributed by atoms with Gasteiger partial charge in [0.2, 0.25) is 0 Å². The number of hydrogen-bond acceptors (Lipinski definition) is 3. The summed E-state index contributed by atoms with van der Waals surface area (Å²) in [5, 5.41) is 0. The molecule has 64 valence electrons. The van der Waals surface area contributed by atoms with Crippen molar-refractivity contribution in [2.45, 2.75) is 31.5 Å². The zero-order chi connectivity index (χ0) is 8.27. The van der Waals surface area contributed by atoms with Gasteiger partial charge in [0.1, 0.15) is 6.10 Å². The van der Waals surface area contributed by atoms with Gasteiger partial charge >= 0.3 is 6.09 Å². The first-order valence-electron chi connectivity index (χ1n) is 3.73. The largest absolute Gasteiger partial charge is 0.444 e. The Morgan fingerprint density at radius 1 is 1.45 bits per heavy atom. The smallest absolute Gasteiger partial charge is 0.404 e. The summed E-state index contributed by atoms with van der Waals surface area (Å²) in [6.07, 6.45) is 2.06. The number of primary amides is 1. The lowest BCUT2D eigenvalue weighted by molar-refractivity contribution is -0.000221. The SMILES string of the molecule is CO[C@@H]1CCC[C@H]1OC(N)=O. The van der Waals surface area contributed by atoms with Crippen LogP contribution >= 0.6 is 0 Å². The van der Waals surface area contributed by atoms with E-state index in [4.69, 9.17) is 15.2 Å². The normalized spacial score (nSPS) is 30.3. The first-order chi connectivity index (χ1) is 5.24. The third-order valence-electron chi connectivity index (χ3n) is 1.96. The maximum atomic E-state index is 10.4. The third kappa shape index (κ3) is 2.08. The Labute approximate surface area is 65.7 Å². The highest BCUT2D eigenvalue weighted by Crippen LogP contribution is 2.23. The molecule has 0 aromatic rings. The van der Waals surface area contributed by atoms with Crippen LogP contribution in [0.4, 0.5) is 4.79 Å². The summed E-state index contributed by atoms with van der Waals surface area (Å²) in [6, 6.07) is 0. The van der Waals surface area contributed by atoms with Crippen LogP contribution in [0.1, 0.15) is 19.3 Å². The van der Waals surface area contributed by atoms with E-state index < -0.39 is 6.09 Å². The molecule has 0 aliphatic heterocycles. The van der Waals surface area contributed by atoms with Gasteiger partial charge in [-0.2, -0.15) is 0 Å². The number of hydrogen-bond donors (Lipinski definition) is 1. The number of methoxy groups -OCH3 is 1. The van der Waals surface area contributed by atoms with Crippen LogP contribution in [0.5, 0.6) is 0 Å². The summed E-state index contributed by atoms with van der Waals surface area (Å²) >= 11 is 0. The minimum atomic E-state index is -0.709. The second kappa shape index (κ2) is 3.57. The second-order valence-corrected chi connectivity index (χ2v) is 2.68. The molecule has 1 amide bonds. The van der Waals surface area contributed by atoms with E-state index in [-0.39, 0.29) is 12.2 Å². The number of amides is 1. The lowest BCUT2D eigenvalue weighted by atomic mass is 10.2. The highest BCUT2D eigenvalue weighted by molar-refractivity contribution is 5.64. The van der Waals surface area contributed by atoms with Gasteiger partial charge in [0.25, 0.3) is 0 Å². The Hall–Kier alpha value is -0.770. The van der Waals surface area contributed by atoms with Crippen molar-refractivity contribution in [2.24, 2.45) is 5.73 Å². The van der Waals surface area contributed by atoms with Gasteiger partial charge in [0.15, 0.2) is 0 Å². The van der Waals surface area contributed by atoms with Crippen molar-refractivity contribution < 1.29 is 14.3 Å². The molecule has 0 aromatic heterocycles. The molecular weight excluding hydrogens is 146 g/mol. The van der Waals surface area contributed by atoms with E-state index in [9.17, 15) is 4.79 Å². The van der Waals surface area contributed by atoms with E-state index in [1.54, 1.807) is 7.11 Å². The number of carbonyl (C=O) groups excluding carboxylic acids is 1. The summed E-state index contributed by atoms with van der Waals surface area (Å²) in [5.41, 5.74) is 4.87. The van der Waals surface area contributed by atoms with Gasteiger partial charge in [-0.15, -0.1) is 0 Å². The Morgan fingerprint density at radius 3 is 2.64 bits per heavy atom. The van der Waals surface area contributed by atoms with Gasteiger partial charge in [-0.1, -0.05) is 0 Å². The zero-order valence-corrected chi connectivity index (χ0v) is 6.58. The van der Waals surface area contributed by atoms with Gasteiger partial charge in [-0.05, 0) is 19.3 Å². The molecule has 0 aromatic carbocycles. The Balaban J connectivity index is 2.37. The van der Waals surface area contributed by atoms with Crippen LogP contribution in [0.3, 0.4) is 0 Å². The molecule has 1 aliphatic carbocycles. The summed E-state index contributed by atoms with van der Waals surface area (Å²) in [6.45, 7) is 0. The van der Waals surface area contributed by atoms with E-state index in [2.05, 4.69) is 0 Å². The van der Waals surface area contributed by atoms with E-state index in [0.717, 1.165) is 19.3 Å². The second-order valence-electron chi connectivity index (χ2n) is 2.68. The first kappa shape index (κ1) is 8.33. The van der Waals surface area contributed by atoms with Crippen molar-refractivity contribution in [3.8, 4) is 0 Å². The molecule has 0 spiro atoms. The Bertz CT molecular complexity index is 149. The van der Waals surface area contributed by atoms with Gasteiger partial charge in [0, 0.05) is 7.11 Å². The van der Waals surface area contributed by atoms with Crippen LogP contribution in [0.25, 0.3) is 0 Å². The number of rotatable bonds is 2. The topological polar surface area (TPSA) is 61.6 Å². The molecule has 1 rings (SSSR count). The van der Waals surface area contributed by atoms with Crippen molar-refractivity contribution in [1.82, 2.24) is 0 Å². The zero-order valence-electron chi connectivity index (χ0n) is 6.58. The fourth-order valence-electron chi connectivity index (χ4n) is 1.45. The van der Waals surface area contributed by atoms with Crippen LogP contribution in [-0.2, 0) is 9.47 Å². The van der Waals surface area contributed by atoms with Gasteiger partial charge in [-0.3, -0.25) is 0 Å². The predicted octanol–water partition coefficient (Wildman–Crippen LogP) is 0.649. The van der Waals surface area contributed by atoms with Crippen LogP contribution in [0, 0.1) is 0 Å². The Kier molecular flexibility index (Phi) is 2.70. The van der Waals surface area contributed by atoms with Gasteiger partial charge in [-0.25, -0.2) is 4.79 Å². The number of nitrogens with two attached hydrogens (primary N) is 1. The summed E-state index contributed by atoms with van der Waals surface area (Å²) < 4.78 is 9.92. The third-order valence-corrected chi connectivity index (χ3v) is 1.96. The van der Waals surface area contributed by atoms with Crippen molar-refractivity contribution in [1.29, 1.82) is 0 Å². The first-order valence-corrected chi connectivity index (χ1v) is 3.73. The molecule has 0 radical (unpaired) electrons. The molecule has 0 saturated heterocycles. The fourth-order valence-corrected chi connectivity index (χ4v) is 1.45. The van der Waals surface area contributed by atoms with Crippen LogP contribution in [0.2, 0.25) is 0 Å². The van der Waals surface area contributed by atoms with E-state index in [1.807, 2.05) is 0 Å².